The Hall–Kier alpha value is -2.07. The van der Waals surface area contributed by atoms with Crippen LogP contribution in [-0.4, -0.2) is 55.5 Å². The van der Waals surface area contributed by atoms with Gasteiger partial charge in [0.2, 0.25) is 0 Å². The molecule has 3 aromatic rings. The summed E-state index contributed by atoms with van der Waals surface area (Å²) in [6, 6.07) is 7.35. The molecule has 0 saturated carbocycles. The van der Waals surface area contributed by atoms with Crippen LogP contribution < -0.4 is 0 Å². The Morgan fingerprint density at radius 1 is 1.18 bits per heavy atom. The van der Waals surface area contributed by atoms with Gasteiger partial charge in [-0.3, -0.25) is 0 Å². The van der Waals surface area contributed by atoms with E-state index in [1.165, 1.54) is 6.33 Å². The van der Waals surface area contributed by atoms with E-state index in [4.69, 9.17) is 25.8 Å². The van der Waals surface area contributed by atoms with Gasteiger partial charge in [-0.05, 0) is 62.9 Å². The van der Waals surface area contributed by atoms with Crippen LogP contribution in [0.4, 0.5) is 0 Å². The predicted octanol–water partition coefficient (Wildman–Crippen LogP) is 3.47. The molecule has 33 heavy (non-hydrogen) atoms. The van der Waals surface area contributed by atoms with Crippen LogP contribution in [0.15, 0.2) is 36.8 Å². The average molecular weight is 474 g/mol. The van der Waals surface area contributed by atoms with E-state index < -0.39 is 36.4 Å². The van der Waals surface area contributed by atoms with Crippen LogP contribution in [-0.2, 0) is 20.6 Å². The van der Waals surface area contributed by atoms with Crippen molar-refractivity contribution in [3.63, 3.8) is 0 Å². The smallest absolute Gasteiger partial charge is 0.164 e. The molecule has 5 atom stereocenters. The van der Waals surface area contributed by atoms with Crippen molar-refractivity contribution in [2.45, 2.75) is 70.0 Å². The highest BCUT2D eigenvalue weighted by Crippen LogP contribution is 2.47. The average Bonchev–Trinajstić information content (AvgIpc) is 3.43. The summed E-state index contributed by atoms with van der Waals surface area (Å²) in [6.07, 6.45) is 1.52. The molecule has 8 nitrogen and oxygen atoms in total. The fourth-order valence-corrected chi connectivity index (χ4v) is 5.11. The Kier molecular flexibility index (Phi) is 5.93. The van der Waals surface area contributed by atoms with Gasteiger partial charge in [-0.25, -0.2) is 9.97 Å². The molecule has 2 saturated heterocycles. The fraction of sp³-hybridized carbons (Fsp3) is 0.500. The lowest BCUT2D eigenvalue weighted by Gasteiger charge is -2.28. The molecule has 0 bridgehead atoms. The standard InChI is InChI=1S/C24H28ClN3O5/c1-13-16-8-9-28(22(16)27-12-26-13)23-21-20(32-24(2,3)33-21)19(31-23)18(30)17-7-6-15(25)11-14(17)5-4-10-29/h6-9,11-12,18-21,23,29-30H,4-5,10H2,1-3H3/t18-,19-,20-,21-,23?/m1/s1. The number of halogens is 1. The highest BCUT2D eigenvalue weighted by atomic mass is 35.5. The van der Waals surface area contributed by atoms with Gasteiger partial charge in [-0.15, -0.1) is 0 Å². The molecular weight excluding hydrogens is 446 g/mol. The van der Waals surface area contributed by atoms with E-state index in [-0.39, 0.29) is 6.61 Å². The Morgan fingerprint density at radius 3 is 2.76 bits per heavy atom. The van der Waals surface area contributed by atoms with Crippen LogP contribution in [0.2, 0.25) is 5.02 Å². The molecule has 0 aliphatic carbocycles. The molecule has 176 valence electrons. The molecule has 2 aliphatic rings. The number of hydrogen-bond acceptors (Lipinski definition) is 7. The zero-order chi connectivity index (χ0) is 23.3. The molecule has 0 spiro atoms. The van der Waals surface area contributed by atoms with Crippen LogP contribution in [0.1, 0.15) is 49.4 Å². The second-order valence-corrected chi connectivity index (χ2v) is 9.53. The van der Waals surface area contributed by atoms with Gasteiger partial charge in [-0.1, -0.05) is 17.7 Å². The number of hydrogen-bond donors (Lipinski definition) is 2. The van der Waals surface area contributed by atoms with E-state index in [2.05, 4.69) is 9.97 Å². The summed E-state index contributed by atoms with van der Waals surface area (Å²) in [5, 5.41) is 22.3. The molecule has 1 unspecified atom stereocenters. The summed E-state index contributed by atoms with van der Waals surface area (Å²) in [4.78, 5) is 8.73. The number of nitrogens with zero attached hydrogens (tertiary/aromatic N) is 3. The summed E-state index contributed by atoms with van der Waals surface area (Å²) in [5.41, 5.74) is 3.20. The van der Waals surface area contributed by atoms with Crippen LogP contribution >= 0.6 is 11.6 Å². The monoisotopic (exact) mass is 473 g/mol. The first-order valence-electron chi connectivity index (χ1n) is 11.2. The van der Waals surface area contributed by atoms with Gasteiger partial charge in [0.05, 0.1) is 5.69 Å². The van der Waals surface area contributed by atoms with E-state index in [0.29, 0.717) is 23.4 Å². The first kappa shape index (κ1) is 22.7. The first-order valence-corrected chi connectivity index (χ1v) is 11.5. The fourth-order valence-electron chi connectivity index (χ4n) is 4.91. The third kappa shape index (κ3) is 4.05. The maximum atomic E-state index is 11.5. The molecule has 0 radical (unpaired) electrons. The third-order valence-electron chi connectivity index (χ3n) is 6.39. The zero-order valence-corrected chi connectivity index (χ0v) is 19.6. The number of rotatable bonds is 6. The molecule has 9 heteroatoms. The largest absolute Gasteiger partial charge is 0.396 e. The summed E-state index contributed by atoms with van der Waals surface area (Å²) in [5.74, 6) is -0.817. The van der Waals surface area contributed by atoms with Gasteiger partial charge in [0, 0.05) is 23.2 Å². The molecule has 2 aromatic heterocycles. The van der Waals surface area contributed by atoms with Gasteiger partial charge in [0.15, 0.2) is 12.0 Å². The van der Waals surface area contributed by atoms with Crippen molar-refractivity contribution in [2.75, 3.05) is 6.61 Å². The minimum Gasteiger partial charge on any atom is -0.396 e. The second kappa shape index (κ2) is 8.61. The molecule has 2 N–H and O–H groups in total. The lowest BCUT2D eigenvalue weighted by Crippen LogP contribution is -2.34. The summed E-state index contributed by atoms with van der Waals surface area (Å²) in [6.45, 7) is 5.72. The minimum absolute atomic E-state index is 0.0574. The number of aromatic nitrogens is 3. The summed E-state index contributed by atoms with van der Waals surface area (Å²) >= 11 is 6.21. The lowest BCUT2D eigenvalue weighted by atomic mass is 9.93. The zero-order valence-electron chi connectivity index (χ0n) is 18.8. The third-order valence-corrected chi connectivity index (χ3v) is 6.62. The Balaban J connectivity index is 1.52. The lowest BCUT2D eigenvalue weighted by molar-refractivity contribution is -0.207. The summed E-state index contributed by atoms with van der Waals surface area (Å²) < 4.78 is 20.8. The van der Waals surface area contributed by atoms with Gasteiger partial charge in [0.25, 0.3) is 0 Å². The van der Waals surface area contributed by atoms with Crippen molar-refractivity contribution < 1.29 is 24.4 Å². The molecule has 1 aromatic carbocycles. The number of fused-ring (bicyclic) bond motifs is 2. The first-order chi connectivity index (χ1) is 15.8. The van der Waals surface area contributed by atoms with Gasteiger partial charge in [-0.2, -0.15) is 0 Å². The maximum absolute atomic E-state index is 11.5. The van der Waals surface area contributed by atoms with Gasteiger partial charge >= 0.3 is 0 Å². The number of ether oxygens (including phenoxy) is 3. The van der Waals surface area contributed by atoms with Crippen LogP contribution in [0.25, 0.3) is 11.0 Å². The van der Waals surface area contributed by atoms with Crippen molar-refractivity contribution in [3.05, 3.63) is 58.6 Å². The normalized spacial score (nSPS) is 27.2. The maximum Gasteiger partial charge on any atom is 0.164 e. The molecule has 5 rings (SSSR count). The number of aliphatic hydroxyl groups excluding tert-OH is 2. The molecular formula is C24H28ClN3O5. The van der Waals surface area contributed by atoms with E-state index in [1.54, 1.807) is 6.07 Å². The predicted molar refractivity (Wildman–Crippen MR) is 122 cm³/mol. The van der Waals surface area contributed by atoms with Crippen LogP contribution in [0, 0.1) is 6.92 Å². The van der Waals surface area contributed by atoms with E-state index >= 15 is 0 Å². The molecule has 4 heterocycles. The van der Waals surface area contributed by atoms with E-state index in [0.717, 1.165) is 22.3 Å². The van der Waals surface area contributed by atoms with Crippen LogP contribution in [0.5, 0.6) is 0 Å². The molecule has 0 amide bonds. The van der Waals surface area contributed by atoms with Crippen LogP contribution in [0.3, 0.4) is 0 Å². The topological polar surface area (TPSA) is 98.9 Å². The van der Waals surface area contributed by atoms with Crippen molar-refractivity contribution in [1.29, 1.82) is 0 Å². The number of aryl methyl sites for hydroxylation is 2. The quantitative estimate of drug-likeness (QED) is 0.565. The Bertz CT molecular complexity index is 1170. The number of aliphatic hydroxyl groups is 2. The van der Waals surface area contributed by atoms with Crippen molar-refractivity contribution >= 4 is 22.6 Å². The van der Waals surface area contributed by atoms with Gasteiger partial charge in [0.1, 0.15) is 36.4 Å². The van der Waals surface area contributed by atoms with E-state index in [9.17, 15) is 10.2 Å². The van der Waals surface area contributed by atoms with Crippen molar-refractivity contribution in [3.8, 4) is 0 Å². The minimum atomic E-state index is -0.968. The second-order valence-electron chi connectivity index (χ2n) is 9.09. The van der Waals surface area contributed by atoms with Crippen molar-refractivity contribution in [1.82, 2.24) is 14.5 Å². The Labute approximate surface area is 197 Å². The SMILES string of the molecule is Cc1ncnc2c1ccn2C1O[C@H]([C@H](O)c2ccc(Cl)cc2CCCO)[C@H]2OC(C)(C)O[C@@H]12. The number of benzene rings is 1. The summed E-state index contributed by atoms with van der Waals surface area (Å²) in [7, 11) is 0. The van der Waals surface area contributed by atoms with Crippen molar-refractivity contribution in [2.24, 2.45) is 0 Å². The highest BCUT2D eigenvalue weighted by molar-refractivity contribution is 6.30. The highest BCUT2D eigenvalue weighted by Gasteiger charge is 2.58. The van der Waals surface area contributed by atoms with E-state index in [1.807, 2.05) is 49.7 Å². The Morgan fingerprint density at radius 2 is 1.97 bits per heavy atom. The van der Waals surface area contributed by atoms with Gasteiger partial charge < -0.3 is 29.0 Å². The molecule has 2 aliphatic heterocycles. The molecule has 2 fully saturated rings.